The van der Waals surface area contributed by atoms with Gasteiger partial charge in [-0.1, -0.05) is 208 Å². The van der Waals surface area contributed by atoms with E-state index < -0.39 is 0 Å². The third kappa shape index (κ3) is 10.0. The molecule has 0 unspecified atom stereocenters. The van der Waals surface area contributed by atoms with E-state index in [1.165, 1.54) is 0 Å². The second-order valence-electron chi connectivity index (χ2n) is 14.1. The van der Waals surface area contributed by atoms with Gasteiger partial charge in [-0.25, -0.2) is 15.0 Å². The topological polar surface area (TPSA) is 62.5 Å². The third-order valence-electron chi connectivity index (χ3n) is 10.1. The van der Waals surface area contributed by atoms with Gasteiger partial charge in [0.05, 0.1) is 45.4 Å². The quantitative estimate of drug-likeness (QED) is 0.137. The molecule has 0 spiro atoms. The van der Waals surface area contributed by atoms with Crippen LogP contribution in [-0.4, -0.2) is 15.0 Å². The Labute approximate surface area is 364 Å². The summed E-state index contributed by atoms with van der Waals surface area (Å²) in [6.45, 7) is 13.4. The summed E-state index contributed by atoms with van der Waals surface area (Å²) in [6.07, 6.45) is 6.56. The fraction of sp³-hybridized carbons (Fsp3) is 0. The molecule has 9 rings (SSSR count). The van der Waals surface area contributed by atoms with Gasteiger partial charge >= 0.3 is 0 Å². The van der Waals surface area contributed by atoms with Crippen LogP contribution in [0.15, 0.2) is 245 Å². The van der Waals surface area contributed by atoms with Crippen molar-refractivity contribution >= 4 is 11.0 Å². The van der Waals surface area contributed by atoms with Gasteiger partial charge in [-0.05, 0) is 69.8 Å². The van der Waals surface area contributed by atoms with Crippen LogP contribution in [0, 0.1) is 11.3 Å². The molecule has 2 aromatic heterocycles. The van der Waals surface area contributed by atoms with Crippen LogP contribution >= 0.6 is 0 Å². The molecule has 0 saturated heterocycles. The van der Waals surface area contributed by atoms with Gasteiger partial charge in [0.25, 0.3) is 0 Å². The average Bonchev–Trinajstić information content (AvgIpc) is 3.36. The van der Waals surface area contributed by atoms with Crippen molar-refractivity contribution in [3.05, 3.63) is 250 Å². The Morgan fingerprint density at radius 3 is 1.08 bits per heavy atom. The van der Waals surface area contributed by atoms with Crippen LogP contribution in [0.1, 0.15) is 5.56 Å². The molecule has 0 aliphatic rings. The lowest BCUT2D eigenvalue weighted by atomic mass is 9.96. The number of benzene rings is 7. The van der Waals surface area contributed by atoms with Gasteiger partial charge in [-0.3, -0.25) is 0 Å². The molecule has 296 valence electrons. The predicted molar refractivity (Wildman–Crippen MR) is 261 cm³/mol. The largest absolute Gasteiger partial charge is 0.248 e. The Bertz CT molecular complexity index is 2920. The summed E-state index contributed by atoms with van der Waals surface area (Å²) in [5.74, 6) is 0. The standard InChI is InChI=1S/C50H32N4.2C4H6/c51-33-34-10-9-15-43(30-34)37-24-28-42(29-25-37)50-49(53-45-16-7-8-17-46(45)54-50)41-26-22-36(23-27-41)35-18-20-38(21-19-35)44-31-47(39-11-3-1-4-12-39)52-48(32-44)40-13-5-2-6-14-40;2*1-3-4-2/h1-32H;2*3-4H,1-2H2. The second-order valence-corrected chi connectivity index (χ2v) is 14.1. The Hall–Kier alpha value is -8.52. The van der Waals surface area contributed by atoms with E-state index in [-0.39, 0.29) is 0 Å². The molecule has 4 nitrogen and oxygen atoms in total. The lowest BCUT2D eigenvalue weighted by molar-refractivity contribution is 1.29. The summed E-state index contributed by atoms with van der Waals surface area (Å²) in [6, 6.07) is 68.6. The van der Waals surface area contributed by atoms with Crippen LogP contribution < -0.4 is 0 Å². The van der Waals surface area contributed by atoms with Gasteiger partial charge in [-0.2, -0.15) is 5.26 Å². The highest BCUT2D eigenvalue weighted by Gasteiger charge is 2.15. The van der Waals surface area contributed by atoms with E-state index in [0.717, 1.165) is 89.4 Å². The highest BCUT2D eigenvalue weighted by atomic mass is 14.8. The van der Waals surface area contributed by atoms with Crippen LogP contribution in [0.4, 0.5) is 0 Å². The predicted octanol–water partition coefficient (Wildman–Crippen LogP) is 15.3. The first-order chi connectivity index (χ1) is 30.5. The minimum atomic E-state index is 0.641. The first-order valence-electron chi connectivity index (χ1n) is 20.2. The van der Waals surface area contributed by atoms with E-state index in [4.69, 9.17) is 15.0 Å². The molecule has 0 saturated carbocycles. The van der Waals surface area contributed by atoms with Crippen molar-refractivity contribution in [3.8, 4) is 84.5 Å². The Morgan fingerprint density at radius 2 is 0.677 bits per heavy atom. The van der Waals surface area contributed by atoms with E-state index in [2.05, 4.69) is 166 Å². The van der Waals surface area contributed by atoms with Crippen LogP contribution in [-0.2, 0) is 0 Å². The fourth-order valence-electron chi connectivity index (χ4n) is 6.88. The summed E-state index contributed by atoms with van der Waals surface area (Å²) in [4.78, 5) is 15.3. The summed E-state index contributed by atoms with van der Waals surface area (Å²) in [7, 11) is 0. The summed E-state index contributed by atoms with van der Waals surface area (Å²) in [5.41, 5.74) is 16.6. The molecule has 0 N–H and O–H groups in total. The van der Waals surface area contributed by atoms with Crippen molar-refractivity contribution in [2.75, 3.05) is 0 Å². The van der Waals surface area contributed by atoms with Crippen LogP contribution in [0.2, 0.25) is 0 Å². The van der Waals surface area contributed by atoms with Crippen molar-refractivity contribution in [2.45, 2.75) is 0 Å². The molecule has 2 heterocycles. The van der Waals surface area contributed by atoms with Gasteiger partial charge in [0.15, 0.2) is 0 Å². The molecule has 7 aromatic carbocycles. The molecule has 4 heteroatoms. The highest BCUT2D eigenvalue weighted by Crippen LogP contribution is 2.35. The molecule has 0 atom stereocenters. The van der Waals surface area contributed by atoms with Gasteiger partial charge in [-0.15, -0.1) is 0 Å². The molecule has 9 aromatic rings. The number of rotatable bonds is 9. The van der Waals surface area contributed by atoms with Gasteiger partial charge in [0.2, 0.25) is 0 Å². The van der Waals surface area contributed by atoms with Crippen molar-refractivity contribution in [3.63, 3.8) is 0 Å². The van der Waals surface area contributed by atoms with E-state index in [0.29, 0.717) is 5.56 Å². The number of aromatic nitrogens is 3. The Balaban J connectivity index is 0.000000668. The minimum absolute atomic E-state index is 0.641. The van der Waals surface area contributed by atoms with Crippen molar-refractivity contribution in [2.24, 2.45) is 0 Å². The van der Waals surface area contributed by atoms with E-state index in [1.807, 2.05) is 60.7 Å². The van der Waals surface area contributed by atoms with E-state index in [9.17, 15) is 5.26 Å². The summed E-state index contributed by atoms with van der Waals surface area (Å²) >= 11 is 0. The fourth-order valence-corrected chi connectivity index (χ4v) is 6.88. The lowest BCUT2D eigenvalue weighted by Gasteiger charge is -2.13. The molecule has 62 heavy (non-hydrogen) atoms. The zero-order chi connectivity index (χ0) is 43.1. The molecule has 0 amide bonds. The monoisotopic (exact) mass is 796 g/mol. The zero-order valence-electron chi connectivity index (χ0n) is 34.4. The Kier molecular flexibility index (Phi) is 13.7. The van der Waals surface area contributed by atoms with Gasteiger partial charge in [0.1, 0.15) is 0 Å². The normalized spacial score (nSPS) is 10.2. The number of nitriles is 1. The molecule has 0 radical (unpaired) electrons. The number of pyridine rings is 1. The molecule has 0 aliphatic carbocycles. The smallest absolute Gasteiger partial charge is 0.0991 e. The maximum atomic E-state index is 9.38. The third-order valence-corrected chi connectivity index (χ3v) is 10.1. The van der Waals surface area contributed by atoms with Gasteiger partial charge in [0, 0.05) is 22.3 Å². The van der Waals surface area contributed by atoms with Crippen LogP contribution in [0.5, 0.6) is 0 Å². The number of para-hydroxylation sites is 2. The number of fused-ring (bicyclic) bond motifs is 1. The summed E-state index contributed by atoms with van der Waals surface area (Å²) in [5, 5.41) is 9.38. The van der Waals surface area contributed by atoms with Crippen molar-refractivity contribution in [1.82, 2.24) is 15.0 Å². The average molecular weight is 797 g/mol. The van der Waals surface area contributed by atoms with E-state index >= 15 is 0 Å². The minimum Gasteiger partial charge on any atom is -0.248 e. The highest BCUT2D eigenvalue weighted by molar-refractivity contribution is 5.87. The van der Waals surface area contributed by atoms with Crippen molar-refractivity contribution < 1.29 is 0 Å². The first-order valence-corrected chi connectivity index (χ1v) is 20.2. The number of allylic oxidation sites excluding steroid dienone is 4. The Morgan fingerprint density at radius 1 is 0.323 bits per heavy atom. The zero-order valence-corrected chi connectivity index (χ0v) is 34.4. The van der Waals surface area contributed by atoms with Gasteiger partial charge < -0.3 is 0 Å². The molecule has 0 aliphatic heterocycles. The molecule has 0 bridgehead atoms. The number of hydrogen-bond donors (Lipinski definition) is 0. The maximum absolute atomic E-state index is 9.38. The maximum Gasteiger partial charge on any atom is 0.0991 e. The number of hydrogen-bond acceptors (Lipinski definition) is 4. The SMILES string of the molecule is C=CC=C.C=CC=C.N#Cc1cccc(-c2ccc(-c3nc4ccccc4nc3-c3ccc(-c4ccc(-c5cc(-c6ccccc6)nc(-c6ccccc6)c5)cc4)cc3)cc2)c1. The summed E-state index contributed by atoms with van der Waals surface area (Å²) < 4.78 is 0. The van der Waals surface area contributed by atoms with Crippen LogP contribution in [0.25, 0.3) is 89.4 Å². The second kappa shape index (κ2) is 20.4. The molecular formula is C58H44N4. The molecule has 0 fully saturated rings. The first kappa shape index (κ1) is 41.6. The van der Waals surface area contributed by atoms with Crippen molar-refractivity contribution in [1.29, 1.82) is 5.26 Å². The van der Waals surface area contributed by atoms with Crippen LogP contribution in [0.3, 0.4) is 0 Å². The van der Waals surface area contributed by atoms with E-state index in [1.54, 1.807) is 24.3 Å². The number of nitrogens with zero attached hydrogens (tertiary/aromatic N) is 4. The molecular weight excluding hydrogens is 753 g/mol. The lowest BCUT2D eigenvalue weighted by Crippen LogP contribution is -1.95.